The van der Waals surface area contributed by atoms with E-state index in [1.807, 2.05) is 25.3 Å². The van der Waals surface area contributed by atoms with Crippen molar-refractivity contribution in [1.29, 1.82) is 0 Å². The molecule has 4 heteroatoms. The highest BCUT2D eigenvalue weighted by Crippen LogP contribution is 2.35. The van der Waals surface area contributed by atoms with E-state index in [0.29, 0.717) is 0 Å². The van der Waals surface area contributed by atoms with Gasteiger partial charge >= 0.3 is 0 Å². The molecule has 0 saturated heterocycles. The standard InChI is InChI=1S/C15H19NO2S/c1-9-7-11(8-10(2)14(9)18-4)13(16)15-12(17-3)5-6-19-15/h5-8,13H,16H2,1-4H3. The van der Waals surface area contributed by atoms with Crippen molar-refractivity contribution in [3.05, 3.63) is 45.1 Å². The van der Waals surface area contributed by atoms with Gasteiger partial charge in [0, 0.05) is 0 Å². The average molecular weight is 277 g/mol. The van der Waals surface area contributed by atoms with Gasteiger partial charge in [0.2, 0.25) is 0 Å². The molecule has 0 radical (unpaired) electrons. The Morgan fingerprint density at radius 2 is 1.74 bits per heavy atom. The molecule has 0 aliphatic heterocycles. The lowest BCUT2D eigenvalue weighted by atomic mass is 9.99. The molecule has 102 valence electrons. The smallest absolute Gasteiger partial charge is 0.134 e. The Bertz CT molecular complexity index is 554. The van der Waals surface area contributed by atoms with E-state index in [1.54, 1.807) is 25.6 Å². The first-order valence-corrected chi connectivity index (χ1v) is 6.98. The Balaban J connectivity index is 2.42. The zero-order valence-electron chi connectivity index (χ0n) is 11.7. The first kappa shape index (κ1) is 13.9. The minimum Gasteiger partial charge on any atom is -0.496 e. The van der Waals surface area contributed by atoms with Crippen LogP contribution < -0.4 is 15.2 Å². The first-order chi connectivity index (χ1) is 9.08. The van der Waals surface area contributed by atoms with Crippen LogP contribution in [0.25, 0.3) is 0 Å². The summed E-state index contributed by atoms with van der Waals surface area (Å²) in [6.07, 6.45) is 0. The summed E-state index contributed by atoms with van der Waals surface area (Å²) in [5, 5.41) is 2.00. The van der Waals surface area contributed by atoms with Crippen LogP contribution in [0.3, 0.4) is 0 Å². The Morgan fingerprint density at radius 3 is 2.26 bits per heavy atom. The van der Waals surface area contributed by atoms with Gasteiger partial charge in [-0.3, -0.25) is 0 Å². The van der Waals surface area contributed by atoms with Crippen molar-refractivity contribution in [1.82, 2.24) is 0 Å². The van der Waals surface area contributed by atoms with Crippen LogP contribution >= 0.6 is 11.3 Å². The highest BCUT2D eigenvalue weighted by molar-refractivity contribution is 7.10. The molecule has 0 aliphatic carbocycles. The Hall–Kier alpha value is -1.52. The molecule has 2 N–H and O–H groups in total. The highest BCUT2D eigenvalue weighted by Gasteiger charge is 2.17. The van der Waals surface area contributed by atoms with E-state index in [9.17, 15) is 0 Å². The molecule has 1 aromatic heterocycles. The quantitative estimate of drug-likeness (QED) is 0.931. The van der Waals surface area contributed by atoms with E-state index in [0.717, 1.165) is 33.1 Å². The minimum absolute atomic E-state index is 0.168. The van der Waals surface area contributed by atoms with Crippen molar-refractivity contribution in [2.75, 3.05) is 14.2 Å². The van der Waals surface area contributed by atoms with Gasteiger partial charge in [-0.15, -0.1) is 11.3 Å². The molecule has 0 spiro atoms. The lowest BCUT2D eigenvalue weighted by Crippen LogP contribution is -2.12. The van der Waals surface area contributed by atoms with Crippen LogP contribution in [0.5, 0.6) is 11.5 Å². The highest BCUT2D eigenvalue weighted by atomic mass is 32.1. The number of ether oxygens (including phenoxy) is 2. The molecule has 0 saturated carbocycles. The summed E-state index contributed by atoms with van der Waals surface area (Å²) in [4.78, 5) is 1.05. The average Bonchev–Trinajstić information content (AvgIpc) is 2.85. The SMILES string of the molecule is COc1ccsc1C(N)c1cc(C)c(OC)c(C)c1. The predicted molar refractivity (Wildman–Crippen MR) is 79.4 cm³/mol. The van der Waals surface area contributed by atoms with Crippen molar-refractivity contribution in [2.24, 2.45) is 5.73 Å². The number of thiophene rings is 1. The van der Waals surface area contributed by atoms with Crippen LogP contribution in [0, 0.1) is 13.8 Å². The zero-order valence-corrected chi connectivity index (χ0v) is 12.5. The summed E-state index contributed by atoms with van der Waals surface area (Å²) in [5.74, 6) is 1.78. The largest absolute Gasteiger partial charge is 0.496 e. The van der Waals surface area contributed by atoms with E-state index < -0.39 is 0 Å². The second-order valence-electron chi connectivity index (χ2n) is 4.52. The van der Waals surface area contributed by atoms with E-state index >= 15 is 0 Å². The lowest BCUT2D eigenvalue weighted by molar-refractivity contribution is 0.407. The van der Waals surface area contributed by atoms with Gasteiger partial charge in [0.1, 0.15) is 11.5 Å². The minimum atomic E-state index is -0.168. The maximum absolute atomic E-state index is 6.36. The number of methoxy groups -OCH3 is 2. The fourth-order valence-electron chi connectivity index (χ4n) is 2.34. The maximum Gasteiger partial charge on any atom is 0.134 e. The number of hydrogen-bond donors (Lipinski definition) is 1. The van der Waals surface area contributed by atoms with Crippen LogP contribution in [-0.4, -0.2) is 14.2 Å². The first-order valence-electron chi connectivity index (χ1n) is 6.10. The summed E-state index contributed by atoms with van der Waals surface area (Å²) >= 11 is 1.62. The van der Waals surface area contributed by atoms with Gasteiger partial charge in [0.15, 0.2) is 0 Å². The third kappa shape index (κ3) is 2.60. The molecule has 1 heterocycles. The topological polar surface area (TPSA) is 44.5 Å². The molecule has 2 aromatic rings. The third-order valence-corrected chi connectivity index (χ3v) is 4.19. The maximum atomic E-state index is 6.36. The monoisotopic (exact) mass is 277 g/mol. The van der Waals surface area contributed by atoms with Crippen molar-refractivity contribution < 1.29 is 9.47 Å². The van der Waals surface area contributed by atoms with Gasteiger partial charge in [0.05, 0.1) is 25.1 Å². The Labute approximate surface area is 118 Å². The normalized spacial score (nSPS) is 12.3. The van der Waals surface area contributed by atoms with E-state index in [2.05, 4.69) is 12.1 Å². The lowest BCUT2D eigenvalue weighted by Gasteiger charge is -2.16. The second-order valence-corrected chi connectivity index (χ2v) is 5.47. The van der Waals surface area contributed by atoms with Crippen molar-refractivity contribution in [3.63, 3.8) is 0 Å². The van der Waals surface area contributed by atoms with Gasteiger partial charge < -0.3 is 15.2 Å². The molecular formula is C15H19NO2S. The Morgan fingerprint density at radius 1 is 1.11 bits per heavy atom. The van der Waals surface area contributed by atoms with Gasteiger partial charge in [-0.2, -0.15) is 0 Å². The molecule has 1 unspecified atom stereocenters. The van der Waals surface area contributed by atoms with Crippen LogP contribution in [0.15, 0.2) is 23.6 Å². The molecule has 0 aliphatic rings. The molecule has 0 bridgehead atoms. The van der Waals surface area contributed by atoms with Crippen molar-refractivity contribution in [3.8, 4) is 11.5 Å². The summed E-state index contributed by atoms with van der Waals surface area (Å²) in [5.41, 5.74) is 9.64. The molecule has 1 aromatic carbocycles. The van der Waals surface area contributed by atoms with Crippen molar-refractivity contribution >= 4 is 11.3 Å². The van der Waals surface area contributed by atoms with Gasteiger partial charge in [-0.1, -0.05) is 12.1 Å². The summed E-state index contributed by atoms with van der Waals surface area (Å²) in [6.45, 7) is 4.07. The summed E-state index contributed by atoms with van der Waals surface area (Å²) in [6, 6.07) is 5.94. The molecule has 3 nitrogen and oxygen atoms in total. The molecule has 2 rings (SSSR count). The third-order valence-electron chi connectivity index (χ3n) is 3.21. The van der Waals surface area contributed by atoms with Crippen molar-refractivity contribution in [2.45, 2.75) is 19.9 Å². The summed E-state index contributed by atoms with van der Waals surface area (Å²) in [7, 11) is 3.36. The van der Waals surface area contributed by atoms with Gasteiger partial charge in [-0.25, -0.2) is 0 Å². The van der Waals surface area contributed by atoms with Crippen LogP contribution in [0.1, 0.15) is 27.6 Å². The van der Waals surface area contributed by atoms with Crippen LogP contribution in [-0.2, 0) is 0 Å². The number of benzene rings is 1. The number of aryl methyl sites for hydroxylation is 2. The van der Waals surface area contributed by atoms with Crippen LogP contribution in [0.2, 0.25) is 0 Å². The molecule has 1 atom stereocenters. The zero-order chi connectivity index (χ0) is 14.0. The molecular weight excluding hydrogens is 258 g/mol. The summed E-state index contributed by atoms with van der Waals surface area (Å²) < 4.78 is 10.7. The molecule has 0 fully saturated rings. The fourth-order valence-corrected chi connectivity index (χ4v) is 3.23. The van der Waals surface area contributed by atoms with E-state index in [1.165, 1.54) is 0 Å². The van der Waals surface area contributed by atoms with Gasteiger partial charge in [0.25, 0.3) is 0 Å². The van der Waals surface area contributed by atoms with E-state index in [4.69, 9.17) is 15.2 Å². The van der Waals surface area contributed by atoms with Gasteiger partial charge in [-0.05, 0) is 42.0 Å². The molecule has 19 heavy (non-hydrogen) atoms. The molecule has 0 amide bonds. The van der Waals surface area contributed by atoms with Crippen LogP contribution in [0.4, 0.5) is 0 Å². The number of rotatable bonds is 4. The fraction of sp³-hybridized carbons (Fsp3) is 0.333. The second kappa shape index (κ2) is 5.63. The van der Waals surface area contributed by atoms with E-state index in [-0.39, 0.29) is 6.04 Å². The predicted octanol–water partition coefficient (Wildman–Crippen LogP) is 3.43. The number of nitrogens with two attached hydrogens (primary N) is 1. The number of hydrogen-bond acceptors (Lipinski definition) is 4. The Kier molecular flexibility index (Phi) is 4.12.